The Balaban J connectivity index is 1.79. The van der Waals surface area contributed by atoms with Gasteiger partial charge in [0.25, 0.3) is 0 Å². The van der Waals surface area contributed by atoms with E-state index in [1.807, 2.05) is 29.8 Å². The molecule has 1 aliphatic heterocycles. The summed E-state index contributed by atoms with van der Waals surface area (Å²) in [5, 5.41) is 0. The highest BCUT2D eigenvalue weighted by molar-refractivity contribution is 5.85. The minimum absolute atomic E-state index is 0.241. The molecule has 1 aliphatic rings. The van der Waals surface area contributed by atoms with Gasteiger partial charge < -0.3 is 14.2 Å². The zero-order chi connectivity index (χ0) is 19.3. The van der Waals surface area contributed by atoms with Crippen molar-refractivity contribution in [2.24, 2.45) is 7.05 Å². The zero-order valence-corrected chi connectivity index (χ0v) is 16.3. The van der Waals surface area contributed by atoms with Crippen molar-refractivity contribution in [3.05, 3.63) is 36.4 Å². The van der Waals surface area contributed by atoms with Gasteiger partial charge in [-0.15, -0.1) is 0 Å². The van der Waals surface area contributed by atoms with Gasteiger partial charge in [-0.1, -0.05) is 26.0 Å². The second-order valence-corrected chi connectivity index (χ2v) is 7.42. The Morgan fingerprint density at radius 1 is 1.04 bits per heavy atom. The van der Waals surface area contributed by atoms with Crippen LogP contribution in [-0.2, 0) is 11.8 Å². The lowest BCUT2D eigenvalue weighted by Crippen LogP contribution is -2.37. The minimum Gasteiger partial charge on any atom is -0.378 e. The molecule has 0 aliphatic carbocycles. The largest absolute Gasteiger partial charge is 0.378 e. The Labute approximate surface area is 162 Å². The number of ether oxygens (including phenoxy) is 1. The molecule has 8 heteroatoms. The molecule has 1 saturated heterocycles. The Hall–Kier alpha value is -3.00. The highest BCUT2D eigenvalue weighted by Gasteiger charge is 2.23. The van der Waals surface area contributed by atoms with Crippen LogP contribution in [0.15, 0.2) is 30.6 Å². The summed E-state index contributed by atoms with van der Waals surface area (Å²) in [5.74, 6) is 2.69. The predicted octanol–water partition coefficient (Wildman–Crippen LogP) is 2.66. The molecule has 0 amide bonds. The Kier molecular flexibility index (Phi) is 4.01. The quantitative estimate of drug-likeness (QED) is 0.546. The fourth-order valence-corrected chi connectivity index (χ4v) is 3.72. The molecule has 4 aromatic rings. The van der Waals surface area contributed by atoms with Crippen LogP contribution in [0.2, 0.25) is 0 Å². The molecule has 0 saturated carbocycles. The van der Waals surface area contributed by atoms with Crippen molar-refractivity contribution in [1.82, 2.24) is 29.1 Å². The maximum atomic E-state index is 5.52. The SMILES string of the molecule is CC(C)c1nc2ccccc2n1-c1nc(N2CCOCC2)c2ncn(C)c2n1. The second kappa shape index (κ2) is 6.56. The first kappa shape index (κ1) is 17.1. The highest BCUT2D eigenvalue weighted by Crippen LogP contribution is 2.29. The molecule has 4 heterocycles. The summed E-state index contributed by atoms with van der Waals surface area (Å²) in [7, 11) is 1.96. The summed E-state index contributed by atoms with van der Waals surface area (Å²) >= 11 is 0. The van der Waals surface area contributed by atoms with E-state index in [1.54, 1.807) is 6.33 Å². The van der Waals surface area contributed by atoms with Crippen molar-refractivity contribution in [2.75, 3.05) is 31.2 Å². The maximum Gasteiger partial charge on any atom is 0.239 e. The molecule has 5 rings (SSSR count). The van der Waals surface area contributed by atoms with Crippen molar-refractivity contribution in [1.29, 1.82) is 0 Å². The van der Waals surface area contributed by atoms with Crippen LogP contribution < -0.4 is 4.90 Å². The minimum atomic E-state index is 0.241. The van der Waals surface area contributed by atoms with Crippen LogP contribution in [0.25, 0.3) is 28.1 Å². The first-order valence-electron chi connectivity index (χ1n) is 9.63. The number of imidazole rings is 2. The molecule has 0 unspecified atom stereocenters. The van der Waals surface area contributed by atoms with Gasteiger partial charge in [-0.3, -0.25) is 4.57 Å². The number of morpholine rings is 1. The topological polar surface area (TPSA) is 73.9 Å². The van der Waals surface area contributed by atoms with Gasteiger partial charge in [0.2, 0.25) is 5.95 Å². The molecule has 0 radical (unpaired) electrons. The fourth-order valence-electron chi connectivity index (χ4n) is 3.72. The summed E-state index contributed by atoms with van der Waals surface area (Å²) in [4.78, 5) is 21.5. The van der Waals surface area contributed by atoms with Crippen molar-refractivity contribution < 1.29 is 4.74 Å². The molecular formula is C20H23N7O. The van der Waals surface area contributed by atoms with Gasteiger partial charge in [0.05, 0.1) is 30.6 Å². The standard InChI is InChI=1S/C20H23N7O/c1-13(2)17-22-14-6-4-5-7-15(14)27(17)20-23-18-16(21-12-25(18)3)19(24-20)26-8-10-28-11-9-26/h4-7,12-13H,8-11H2,1-3H3. The second-order valence-electron chi connectivity index (χ2n) is 7.42. The summed E-state index contributed by atoms with van der Waals surface area (Å²) in [6.07, 6.45) is 1.79. The summed E-state index contributed by atoms with van der Waals surface area (Å²) in [5.41, 5.74) is 3.61. The van der Waals surface area contributed by atoms with Gasteiger partial charge in [-0.05, 0) is 12.1 Å². The number of aromatic nitrogens is 6. The highest BCUT2D eigenvalue weighted by atomic mass is 16.5. The smallest absolute Gasteiger partial charge is 0.239 e. The summed E-state index contributed by atoms with van der Waals surface area (Å²) in [6, 6.07) is 8.13. The molecular weight excluding hydrogens is 354 g/mol. The Morgan fingerprint density at radius 3 is 2.61 bits per heavy atom. The number of rotatable bonds is 3. The van der Waals surface area contributed by atoms with Gasteiger partial charge in [0, 0.05) is 26.1 Å². The normalized spacial score (nSPS) is 15.2. The third-order valence-corrected chi connectivity index (χ3v) is 5.14. The predicted molar refractivity (Wildman–Crippen MR) is 108 cm³/mol. The van der Waals surface area contributed by atoms with E-state index >= 15 is 0 Å². The number of hydrogen-bond donors (Lipinski definition) is 0. The number of fused-ring (bicyclic) bond motifs is 2. The Bertz CT molecular complexity index is 1150. The zero-order valence-electron chi connectivity index (χ0n) is 16.3. The number of aryl methyl sites for hydroxylation is 1. The van der Waals surface area contributed by atoms with Crippen molar-refractivity contribution in [2.45, 2.75) is 19.8 Å². The average Bonchev–Trinajstić information content (AvgIpc) is 3.29. The van der Waals surface area contributed by atoms with E-state index in [0.717, 1.165) is 46.9 Å². The van der Waals surface area contributed by atoms with Crippen molar-refractivity contribution >= 4 is 28.0 Å². The number of benzene rings is 1. The lowest BCUT2D eigenvalue weighted by atomic mass is 10.2. The van der Waals surface area contributed by atoms with Crippen LogP contribution in [0, 0.1) is 0 Å². The first-order chi connectivity index (χ1) is 13.6. The van der Waals surface area contributed by atoms with E-state index in [-0.39, 0.29) is 5.92 Å². The maximum absolute atomic E-state index is 5.52. The van der Waals surface area contributed by atoms with E-state index < -0.39 is 0 Å². The molecule has 0 atom stereocenters. The van der Waals surface area contributed by atoms with Crippen LogP contribution in [0.4, 0.5) is 5.82 Å². The van der Waals surface area contributed by atoms with Gasteiger partial charge >= 0.3 is 0 Å². The fraction of sp³-hybridized carbons (Fsp3) is 0.400. The molecule has 3 aromatic heterocycles. The summed E-state index contributed by atoms with van der Waals surface area (Å²) in [6.45, 7) is 7.26. The Morgan fingerprint density at radius 2 is 1.82 bits per heavy atom. The molecule has 28 heavy (non-hydrogen) atoms. The van der Waals surface area contributed by atoms with Crippen LogP contribution >= 0.6 is 0 Å². The lowest BCUT2D eigenvalue weighted by Gasteiger charge is -2.28. The lowest BCUT2D eigenvalue weighted by molar-refractivity contribution is 0.122. The van der Waals surface area contributed by atoms with Crippen LogP contribution in [-0.4, -0.2) is 55.4 Å². The molecule has 8 nitrogen and oxygen atoms in total. The van der Waals surface area contributed by atoms with Gasteiger partial charge in [-0.25, -0.2) is 9.97 Å². The molecule has 0 spiro atoms. The van der Waals surface area contributed by atoms with Crippen LogP contribution in [0.5, 0.6) is 0 Å². The van der Waals surface area contributed by atoms with Crippen LogP contribution in [0.3, 0.4) is 0 Å². The first-order valence-corrected chi connectivity index (χ1v) is 9.63. The van der Waals surface area contributed by atoms with Gasteiger partial charge in [0.1, 0.15) is 5.82 Å². The van der Waals surface area contributed by atoms with E-state index in [2.05, 4.69) is 34.4 Å². The number of hydrogen-bond acceptors (Lipinski definition) is 6. The van der Waals surface area contributed by atoms with Gasteiger partial charge in [-0.2, -0.15) is 9.97 Å². The number of anilines is 1. The average molecular weight is 377 g/mol. The number of para-hydroxylation sites is 2. The van der Waals surface area contributed by atoms with E-state index in [0.29, 0.717) is 19.2 Å². The molecule has 0 bridgehead atoms. The monoisotopic (exact) mass is 377 g/mol. The molecule has 1 aromatic carbocycles. The van der Waals surface area contributed by atoms with Crippen molar-refractivity contribution in [3.63, 3.8) is 0 Å². The molecule has 1 fully saturated rings. The van der Waals surface area contributed by atoms with E-state index in [1.165, 1.54) is 0 Å². The van der Waals surface area contributed by atoms with Crippen molar-refractivity contribution in [3.8, 4) is 5.95 Å². The van der Waals surface area contributed by atoms with E-state index in [9.17, 15) is 0 Å². The van der Waals surface area contributed by atoms with Crippen LogP contribution in [0.1, 0.15) is 25.6 Å². The summed E-state index contributed by atoms with van der Waals surface area (Å²) < 4.78 is 9.55. The van der Waals surface area contributed by atoms with E-state index in [4.69, 9.17) is 19.7 Å². The number of nitrogens with zero attached hydrogens (tertiary/aromatic N) is 7. The third-order valence-electron chi connectivity index (χ3n) is 5.14. The third kappa shape index (κ3) is 2.63. The molecule has 144 valence electrons. The molecule has 0 N–H and O–H groups in total. The van der Waals surface area contributed by atoms with Gasteiger partial charge in [0.15, 0.2) is 17.0 Å².